The van der Waals surface area contributed by atoms with Crippen molar-refractivity contribution in [2.45, 2.75) is 32.6 Å². The van der Waals surface area contributed by atoms with Crippen molar-refractivity contribution in [3.05, 3.63) is 23.8 Å². The van der Waals surface area contributed by atoms with Crippen LogP contribution in [0.15, 0.2) is 18.2 Å². The number of rotatable bonds is 8. The fraction of sp³-hybridized carbons (Fsp3) is 0.500. The first-order chi connectivity index (χ1) is 8.67. The Kier molecular flexibility index (Phi) is 6.05. The third kappa shape index (κ3) is 4.65. The minimum absolute atomic E-state index is 0.0131. The number of carbonyl (C=O) groups excluding carboxylic acids is 1. The van der Waals surface area contributed by atoms with Crippen LogP contribution < -0.4 is 14.6 Å². The van der Waals surface area contributed by atoms with Crippen LogP contribution in [0.2, 0.25) is 0 Å². The maximum absolute atomic E-state index is 10.4. The molecular formula is C14H19O4-. The first kappa shape index (κ1) is 14.4. The fourth-order valence-electron chi connectivity index (χ4n) is 1.56. The van der Waals surface area contributed by atoms with Crippen molar-refractivity contribution in [1.82, 2.24) is 0 Å². The second-order valence-electron chi connectivity index (χ2n) is 4.06. The van der Waals surface area contributed by atoms with Gasteiger partial charge in [-0.3, -0.25) is 0 Å². The molecule has 0 aliphatic rings. The molecule has 0 amide bonds. The second-order valence-corrected chi connectivity index (χ2v) is 4.06. The molecule has 1 aromatic rings. The number of benzene rings is 1. The van der Waals surface area contributed by atoms with Crippen LogP contribution in [-0.4, -0.2) is 19.7 Å². The molecule has 18 heavy (non-hydrogen) atoms. The molecule has 0 saturated heterocycles. The molecule has 0 unspecified atom stereocenters. The quantitative estimate of drug-likeness (QED) is 0.658. The molecular weight excluding hydrogens is 232 g/mol. The Morgan fingerprint density at radius 1 is 1.33 bits per heavy atom. The van der Waals surface area contributed by atoms with Crippen LogP contribution in [0.1, 0.15) is 31.7 Å². The summed E-state index contributed by atoms with van der Waals surface area (Å²) in [5.74, 6) is 0.294. The average Bonchev–Trinajstić information content (AvgIpc) is 2.37. The zero-order chi connectivity index (χ0) is 13.4. The largest absolute Gasteiger partial charge is 0.550 e. The van der Waals surface area contributed by atoms with Crippen LogP contribution in [-0.2, 0) is 11.2 Å². The predicted octanol–water partition coefficient (Wildman–Crippen LogP) is 1.56. The van der Waals surface area contributed by atoms with E-state index >= 15 is 0 Å². The zero-order valence-electron chi connectivity index (χ0n) is 10.9. The van der Waals surface area contributed by atoms with Crippen molar-refractivity contribution in [3.8, 4) is 11.5 Å². The van der Waals surface area contributed by atoms with E-state index in [1.807, 2.05) is 18.2 Å². The normalized spacial score (nSPS) is 10.1. The summed E-state index contributed by atoms with van der Waals surface area (Å²) in [6.07, 6.45) is 2.52. The van der Waals surface area contributed by atoms with Gasteiger partial charge in [-0.15, -0.1) is 0 Å². The van der Waals surface area contributed by atoms with Crippen molar-refractivity contribution in [1.29, 1.82) is 0 Å². The van der Waals surface area contributed by atoms with Gasteiger partial charge in [-0.2, -0.15) is 0 Å². The summed E-state index contributed by atoms with van der Waals surface area (Å²) in [4.78, 5) is 10.4. The molecule has 0 fully saturated rings. The van der Waals surface area contributed by atoms with Gasteiger partial charge in [-0.1, -0.05) is 19.4 Å². The summed E-state index contributed by atoms with van der Waals surface area (Å²) < 4.78 is 10.8. The lowest BCUT2D eigenvalue weighted by atomic mass is 10.1. The number of aryl methyl sites for hydroxylation is 1. The summed E-state index contributed by atoms with van der Waals surface area (Å²) >= 11 is 0. The second kappa shape index (κ2) is 7.58. The predicted molar refractivity (Wildman–Crippen MR) is 66.7 cm³/mol. The molecule has 4 heteroatoms. The number of hydrogen-bond donors (Lipinski definition) is 0. The molecule has 4 nitrogen and oxygen atoms in total. The highest BCUT2D eigenvalue weighted by molar-refractivity contribution is 5.64. The standard InChI is InChI=1S/C14H20O4/c1-3-4-9-18-12-7-5-11(6-8-14(15)16)10-13(12)17-2/h5,7,10H,3-4,6,8-9H2,1-2H3,(H,15,16)/p-1. The Morgan fingerprint density at radius 3 is 2.72 bits per heavy atom. The Balaban J connectivity index is 2.66. The number of hydrogen-bond acceptors (Lipinski definition) is 4. The minimum atomic E-state index is -1.04. The highest BCUT2D eigenvalue weighted by Crippen LogP contribution is 2.28. The van der Waals surface area contributed by atoms with Crippen molar-refractivity contribution < 1.29 is 19.4 Å². The van der Waals surface area contributed by atoms with Crippen LogP contribution in [0.4, 0.5) is 0 Å². The maximum atomic E-state index is 10.4. The molecule has 0 atom stereocenters. The van der Waals surface area contributed by atoms with Gasteiger partial charge in [0.25, 0.3) is 0 Å². The molecule has 1 aromatic carbocycles. The lowest BCUT2D eigenvalue weighted by Crippen LogP contribution is -2.22. The number of unbranched alkanes of at least 4 members (excludes halogenated alkanes) is 1. The molecule has 0 heterocycles. The molecule has 1 rings (SSSR count). The van der Waals surface area contributed by atoms with Gasteiger partial charge < -0.3 is 19.4 Å². The summed E-state index contributed by atoms with van der Waals surface area (Å²) in [7, 11) is 1.57. The van der Waals surface area contributed by atoms with Crippen molar-refractivity contribution >= 4 is 5.97 Å². The van der Waals surface area contributed by atoms with Crippen molar-refractivity contribution in [2.75, 3.05) is 13.7 Å². The van der Waals surface area contributed by atoms with Crippen LogP contribution in [0.25, 0.3) is 0 Å². The van der Waals surface area contributed by atoms with Gasteiger partial charge >= 0.3 is 0 Å². The van der Waals surface area contributed by atoms with E-state index in [0.717, 1.165) is 18.4 Å². The highest BCUT2D eigenvalue weighted by Gasteiger charge is 2.05. The van der Waals surface area contributed by atoms with Crippen molar-refractivity contribution in [3.63, 3.8) is 0 Å². The number of ether oxygens (including phenoxy) is 2. The summed E-state index contributed by atoms with van der Waals surface area (Å²) in [6.45, 7) is 2.76. The van der Waals surface area contributed by atoms with Crippen LogP contribution in [0.3, 0.4) is 0 Å². The number of aliphatic carboxylic acids is 1. The van der Waals surface area contributed by atoms with E-state index in [1.54, 1.807) is 7.11 Å². The summed E-state index contributed by atoms with van der Waals surface area (Å²) in [5.41, 5.74) is 0.902. The van der Waals surface area contributed by atoms with Gasteiger partial charge in [-0.25, -0.2) is 0 Å². The molecule has 0 spiro atoms. The van der Waals surface area contributed by atoms with E-state index < -0.39 is 5.97 Å². The summed E-state index contributed by atoms with van der Waals surface area (Å²) in [6, 6.07) is 5.48. The lowest BCUT2D eigenvalue weighted by molar-refractivity contribution is -0.305. The SMILES string of the molecule is CCCCOc1ccc(CCC(=O)[O-])cc1OC. The Labute approximate surface area is 108 Å². The molecule has 0 aromatic heterocycles. The highest BCUT2D eigenvalue weighted by atomic mass is 16.5. The van der Waals surface area contributed by atoms with E-state index in [0.29, 0.717) is 24.5 Å². The monoisotopic (exact) mass is 251 g/mol. The maximum Gasteiger partial charge on any atom is 0.161 e. The van der Waals surface area contributed by atoms with E-state index in [9.17, 15) is 9.90 Å². The molecule has 100 valence electrons. The molecule has 0 saturated carbocycles. The van der Waals surface area contributed by atoms with Gasteiger partial charge in [0.2, 0.25) is 0 Å². The number of carboxylic acids is 1. The van der Waals surface area contributed by atoms with E-state index in [2.05, 4.69) is 6.92 Å². The van der Waals surface area contributed by atoms with E-state index in [-0.39, 0.29) is 6.42 Å². The number of carboxylic acid groups (broad SMARTS) is 1. The fourth-order valence-corrected chi connectivity index (χ4v) is 1.56. The van der Waals surface area contributed by atoms with Gasteiger partial charge in [0.05, 0.1) is 13.7 Å². The molecule has 0 N–H and O–H groups in total. The first-order valence-corrected chi connectivity index (χ1v) is 6.17. The Bertz CT molecular complexity index is 387. The third-order valence-corrected chi connectivity index (χ3v) is 2.60. The van der Waals surface area contributed by atoms with E-state index in [1.165, 1.54) is 0 Å². The van der Waals surface area contributed by atoms with Gasteiger partial charge in [0.1, 0.15) is 0 Å². The van der Waals surface area contributed by atoms with Gasteiger partial charge in [0.15, 0.2) is 11.5 Å². The van der Waals surface area contributed by atoms with Gasteiger partial charge in [-0.05, 0) is 37.0 Å². The Hall–Kier alpha value is -1.71. The molecule has 0 bridgehead atoms. The van der Waals surface area contributed by atoms with Gasteiger partial charge in [0, 0.05) is 5.97 Å². The third-order valence-electron chi connectivity index (χ3n) is 2.60. The first-order valence-electron chi connectivity index (χ1n) is 6.17. The van der Waals surface area contributed by atoms with E-state index in [4.69, 9.17) is 9.47 Å². The van der Waals surface area contributed by atoms with Crippen LogP contribution >= 0.6 is 0 Å². The van der Waals surface area contributed by atoms with Crippen LogP contribution in [0.5, 0.6) is 11.5 Å². The lowest BCUT2D eigenvalue weighted by Gasteiger charge is -2.12. The topological polar surface area (TPSA) is 58.6 Å². The average molecular weight is 251 g/mol. The Morgan fingerprint density at radius 2 is 2.11 bits per heavy atom. The number of methoxy groups -OCH3 is 1. The minimum Gasteiger partial charge on any atom is -0.550 e. The zero-order valence-corrected chi connectivity index (χ0v) is 10.9. The molecule has 0 aliphatic carbocycles. The molecule has 0 aliphatic heterocycles. The molecule has 0 radical (unpaired) electrons. The number of carbonyl (C=O) groups is 1. The summed E-state index contributed by atoms with van der Waals surface area (Å²) in [5, 5.41) is 10.4. The van der Waals surface area contributed by atoms with Crippen molar-refractivity contribution in [2.24, 2.45) is 0 Å². The van der Waals surface area contributed by atoms with Crippen LogP contribution in [0, 0.1) is 0 Å². The smallest absolute Gasteiger partial charge is 0.161 e.